The first-order valence-corrected chi connectivity index (χ1v) is 10.5. The zero-order chi connectivity index (χ0) is 20.1. The molecule has 0 unspecified atom stereocenters. The lowest BCUT2D eigenvalue weighted by Crippen LogP contribution is -2.22. The summed E-state index contributed by atoms with van der Waals surface area (Å²) in [6.45, 7) is 0.154. The zero-order valence-corrected chi connectivity index (χ0v) is 16.1. The van der Waals surface area contributed by atoms with Crippen LogP contribution in [-0.2, 0) is 16.3 Å². The number of amides is 1. The van der Waals surface area contributed by atoms with Gasteiger partial charge >= 0.3 is 6.09 Å². The second kappa shape index (κ2) is 8.21. The molecule has 0 saturated carbocycles. The van der Waals surface area contributed by atoms with Gasteiger partial charge in [-0.05, 0) is 30.7 Å². The predicted molar refractivity (Wildman–Crippen MR) is 104 cm³/mol. The summed E-state index contributed by atoms with van der Waals surface area (Å²) in [6, 6.07) is 13.6. The Morgan fingerprint density at radius 1 is 1.21 bits per heavy atom. The summed E-state index contributed by atoms with van der Waals surface area (Å²) in [5.74, 6) is 0. The summed E-state index contributed by atoms with van der Waals surface area (Å²) in [6.07, 6.45) is 1.96. The summed E-state index contributed by atoms with van der Waals surface area (Å²) in [4.78, 5) is 15.3. The molecule has 0 aliphatic carbocycles. The molecule has 1 amide bonds. The Balaban J connectivity index is 2.13. The van der Waals surface area contributed by atoms with Gasteiger partial charge in [-0.2, -0.15) is 5.26 Å². The lowest BCUT2D eigenvalue weighted by Gasteiger charge is -2.07. The van der Waals surface area contributed by atoms with E-state index < -0.39 is 15.9 Å². The first kappa shape index (κ1) is 19.5. The van der Waals surface area contributed by atoms with E-state index in [1.807, 2.05) is 0 Å². The maximum absolute atomic E-state index is 13.2. The number of carboxylic acid groups (broad SMARTS) is 1. The number of sulfone groups is 1. The molecule has 0 aliphatic heterocycles. The van der Waals surface area contributed by atoms with Gasteiger partial charge in [0.05, 0.1) is 16.5 Å². The van der Waals surface area contributed by atoms with Crippen LogP contribution in [0.4, 0.5) is 4.79 Å². The van der Waals surface area contributed by atoms with Crippen LogP contribution in [0, 0.1) is 11.3 Å². The number of thiophene rings is 1. The molecule has 3 rings (SSSR count). The number of benzene rings is 1. The van der Waals surface area contributed by atoms with Gasteiger partial charge in [0, 0.05) is 34.9 Å². The van der Waals surface area contributed by atoms with Gasteiger partial charge in [0.15, 0.2) is 0 Å². The van der Waals surface area contributed by atoms with Crippen LogP contribution in [0.25, 0.3) is 11.1 Å². The number of nitriles is 1. The standard InChI is InChI=1S/C19H15N3O4S2/c20-11-13-4-1-2-6-16(13)17-10-14(7-9-22-19(23)24)27-18(17)28(25,26)15-5-3-8-21-12-15/h1-6,8,10,12,22H,7,9H2,(H,23,24). The van der Waals surface area contributed by atoms with Crippen LogP contribution in [-0.4, -0.2) is 31.1 Å². The van der Waals surface area contributed by atoms with Gasteiger partial charge < -0.3 is 10.4 Å². The number of nitrogens with zero attached hydrogens (tertiary/aromatic N) is 2. The van der Waals surface area contributed by atoms with Crippen molar-refractivity contribution < 1.29 is 18.3 Å². The Morgan fingerprint density at radius 2 is 2.00 bits per heavy atom. The van der Waals surface area contributed by atoms with E-state index in [1.165, 1.54) is 18.5 Å². The average molecular weight is 413 g/mol. The highest BCUT2D eigenvalue weighted by Crippen LogP contribution is 2.39. The lowest BCUT2D eigenvalue weighted by atomic mass is 10.0. The van der Waals surface area contributed by atoms with Gasteiger partial charge in [0.1, 0.15) is 4.21 Å². The molecule has 142 valence electrons. The normalized spacial score (nSPS) is 11.0. The number of hydrogen-bond acceptors (Lipinski definition) is 6. The van der Waals surface area contributed by atoms with E-state index in [0.29, 0.717) is 28.0 Å². The van der Waals surface area contributed by atoms with E-state index in [0.717, 1.165) is 11.3 Å². The Morgan fingerprint density at radius 3 is 2.68 bits per heavy atom. The molecular formula is C19H15N3O4S2. The summed E-state index contributed by atoms with van der Waals surface area (Å²) in [5, 5.41) is 20.4. The minimum Gasteiger partial charge on any atom is -0.465 e. The maximum Gasteiger partial charge on any atom is 0.404 e. The van der Waals surface area contributed by atoms with Gasteiger partial charge in [-0.3, -0.25) is 4.98 Å². The third-order valence-corrected chi connectivity index (χ3v) is 7.39. The first-order valence-electron chi connectivity index (χ1n) is 8.17. The molecule has 7 nitrogen and oxygen atoms in total. The van der Waals surface area contributed by atoms with Crippen molar-refractivity contribution in [3.8, 4) is 17.2 Å². The van der Waals surface area contributed by atoms with Crippen LogP contribution < -0.4 is 5.32 Å². The zero-order valence-electron chi connectivity index (χ0n) is 14.5. The third kappa shape index (κ3) is 4.03. The average Bonchev–Trinajstić information content (AvgIpc) is 3.13. The monoisotopic (exact) mass is 413 g/mol. The third-order valence-electron chi connectivity index (χ3n) is 3.92. The molecule has 0 fully saturated rings. The van der Waals surface area contributed by atoms with E-state index >= 15 is 0 Å². The number of aromatic nitrogens is 1. The van der Waals surface area contributed by atoms with Crippen molar-refractivity contribution in [3.63, 3.8) is 0 Å². The highest BCUT2D eigenvalue weighted by Gasteiger charge is 2.26. The summed E-state index contributed by atoms with van der Waals surface area (Å²) in [5.41, 5.74) is 1.30. The second-order valence-electron chi connectivity index (χ2n) is 5.75. The van der Waals surface area contributed by atoms with Crippen LogP contribution in [0.15, 0.2) is 64.0 Å². The molecule has 2 aromatic heterocycles. The molecule has 0 radical (unpaired) electrons. The van der Waals surface area contributed by atoms with Gasteiger partial charge in [-0.15, -0.1) is 11.3 Å². The number of pyridine rings is 1. The maximum atomic E-state index is 13.2. The van der Waals surface area contributed by atoms with Crippen LogP contribution >= 0.6 is 11.3 Å². The molecule has 2 N–H and O–H groups in total. The Kier molecular flexibility index (Phi) is 5.73. The molecule has 0 atom stereocenters. The quantitative estimate of drug-likeness (QED) is 0.639. The highest BCUT2D eigenvalue weighted by molar-refractivity contribution is 7.93. The van der Waals surface area contributed by atoms with Crippen molar-refractivity contribution in [1.29, 1.82) is 5.26 Å². The molecule has 28 heavy (non-hydrogen) atoms. The minimum absolute atomic E-state index is 0.0581. The van der Waals surface area contributed by atoms with Crippen LogP contribution in [0.5, 0.6) is 0 Å². The molecule has 0 saturated heterocycles. The molecule has 1 aromatic carbocycles. The van der Waals surface area contributed by atoms with E-state index in [4.69, 9.17) is 5.11 Å². The van der Waals surface area contributed by atoms with Crippen LogP contribution in [0.3, 0.4) is 0 Å². The number of hydrogen-bond donors (Lipinski definition) is 2. The summed E-state index contributed by atoms with van der Waals surface area (Å²) in [7, 11) is -3.85. The van der Waals surface area contributed by atoms with Gasteiger partial charge in [0.2, 0.25) is 9.84 Å². The van der Waals surface area contributed by atoms with E-state index in [-0.39, 0.29) is 15.6 Å². The largest absolute Gasteiger partial charge is 0.465 e. The van der Waals surface area contributed by atoms with Crippen molar-refractivity contribution in [1.82, 2.24) is 10.3 Å². The molecule has 2 heterocycles. The number of nitrogens with one attached hydrogen (secondary N) is 1. The molecule has 0 spiro atoms. The van der Waals surface area contributed by atoms with E-state index in [2.05, 4.69) is 16.4 Å². The summed E-state index contributed by atoms with van der Waals surface area (Å²) >= 11 is 1.07. The lowest BCUT2D eigenvalue weighted by molar-refractivity contribution is 0.194. The Bertz CT molecular complexity index is 1150. The SMILES string of the molecule is N#Cc1ccccc1-c1cc(CCNC(=O)O)sc1S(=O)(=O)c1cccnc1. The second-order valence-corrected chi connectivity index (χ2v) is 9.03. The highest BCUT2D eigenvalue weighted by atomic mass is 32.2. The molecule has 9 heteroatoms. The van der Waals surface area contributed by atoms with Crippen LogP contribution in [0.1, 0.15) is 10.4 Å². The Labute approximate surface area is 165 Å². The van der Waals surface area contributed by atoms with Crippen molar-refractivity contribution >= 4 is 27.3 Å². The fraction of sp³-hybridized carbons (Fsp3) is 0.105. The van der Waals surface area contributed by atoms with E-state index in [1.54, 1.807) is 36.4 Å². The van der Waals surface area contributed by atoms with Crippen molar-refractivity contribution in [2.45, 2.75) is 15.5 Å². The number of rotatable bonds is 6. The molecular weight excluding hydrogens is 398 g/mol. The Hall–Kier alpha value is -3.22. The van der Waals surface area contributed by atoms with Gasteiger partial charge in [0.25, 0.3) is 0 Å². The summed E-state index contributed by atoms with van der Waals surface area (Å²) < 4.78 is 26.5. The predicted octanol–water partition coefficient (Wildman–Crippen LogP) is 3.32. The molecule has 0 bridgehead atoms. The smallest absolute Gasteiger partial charge is 0.404 e. The van der Waals surface area contributed by atoms with Gasteiger partial charge in [-0.1, -0.05) is 18.2 Å². The topological polar surface area (TPSA) is 120 Å². The van der Waals surface area contributed by atoms with Crippen molar-refractivity contribution in [2.75, 3.05) is 6.54 Å². The first-order chi connectivity index (χ1) is 13.4. The molecule has 0 aliphatic rings. The minimum atomic E-state index is -3.85. The van der Waals surface area contributed by atoms with Gasteiger partial charge in [-0.25, -0.2) is 13.2 Å². The van der Waals surface area contributed by atoms with Crippen LogP contribution in [0.2, 0.25) is 0 Å². The molecule has 3 aromatic rings. The fourth-order valence-corrected chi connectivity index (χ4v) is 5.73. The van der Waals surface area contributed by atoms with Crippen molar-refractivity contribution in [2.24, 2.45) is 0 Å². The fourth-order valence-electron chi connectivity index (χ4n) is 2.66. The van der Waals surface area contributed by atoms with Crippen molar-refractivity contribution in [3.05, 3.63) is 65.3 Å². The van der Waals surface area contributed by atoms with E-state index in [9.17, 15) is 18.5 Å². The number of carbonyl (C=O) groups is 1.